The van der Waals surface area contributed by atoms with Crippen LogP contribution in [0.5, 0.6) is 0 Å². The zero-order chi connectivity index (χ0) is 12.3. The lowest BCUT2D eigenvalue weighted by atomic mass is 10.2. The molecule has 0 saturated carbocycles. The van der Waals surface area contributed by atoms with E-state index in [1.807, 2.05) is 0 Å². The molecule has 2 N–H and O–H groups in total. The van der Waals surface area contributed by atoms with Gasteiger partial charge in [0, 0.05) is 18.0 Å². The van der Waals surface area contributed by atoms with Crippen LogP contribution in [0.1, 0.15) is 5.69 Å². The molecule has 0 aliphatic carbocycles. The number of halogens is 2. The SMILES string of the molecule is O=C(Cc1ccc[nH]1)Nc1ccc(F)cc1F. The number of carbonyl (C=O) groups is 1. The van der Waals surface area contributed by atoms with Crippen LogP contribution in [-0.2, 0) is 11.2 Å². The Hall–Kier alpha value is -2.17. The van der Waals surface area contributed by atoms with Crippen molar-refractivity contribution in [2.45, 2.75) is 6.42 Å². The largest absolute Gasteiger partial charge is 0.365 e. The molecule has 0 spiro atoms. The molecule has 0 aliphatic heterocycles. The van der Waals surface area contributed by atoms with Crippen LogP contribution in [-0.4, -0.2) is 10.9 Å². The van der Waals surface area contributed by atoms with Gasteiger partial charge in [0.25, 0.3) is 0 Å². The molecule has 0 bridgehead atoms. The molecule has 5 heteroatoms. The van der Waals surface area contributed by atoms with Gasteiger partial charge in [0.05, 0.1) is 12.1 Å². The molecule has 3 nitrogen and oxygen atoms in total. The Morgan fingerprint density at radius 1 is 1.29 bits per heavy atom. The molecule has 0 fully saturated rings. The standard InChI is InChI=1S/C12H10F2N2O/c13-8-3-4-11(10(14)6-8)16-12(17)7-9-2-1-5-15-9/h1-6,15H,7H2,(H,16,17). The number of H-pyrrole nitrogens is 1. The number of aromatic nitrogens is 1. The molecular weight excluding hydrogens is 226 g/mol. The van der Waals surface area contributed by atoms with Gasteiger partial charge in [-0.2, -0.15) is 0 Å². The maximum absolute atomic E-state index is 13.2. The summed E-state index contributed by atoms with van der Waals surface area (Å²) in [6.45, 7) is 0. The fourth-order valence-corrected chi connectivity index (χ4v) is 1.44. The third kappa shape index (κ3) is 2.90. The second kappa shape index (κ2) is 4.78. The molecule has 88 valence electrons. The first-order valence-electron chi connectivity index (χ1n) is 5.02. The van der Waals surface area contributed by atoms with Crippen LogP contribution in [0.15, 0.2) is 36.5 Å². The predicted octanol–water partition coefficient (Wildman–Crippen LogP) is 2.47. The second-order valence-corrected chi connectivity index (χ2v) is 3.54. The van der Waals surface area contributed by atoms with Gasteiger partial charge in [-0.25, -0.2) is 8.78 Å². The Bertz CT molecular complexity index is 523. The van der Waals surface area contributed by atoms with Gasteiger partial charge < -0.3 is 10.3 Å². The van der Waals surface area contributed by atoms with Crippen molar-refractivity contribution in [1.29, 1.82) is 0 Å². The highest BCUT2D eigenvalue weighted by Crippen LogP contribution is 2.15. The van der Waals surface area contributed by atoms with Gasteiger partial charge in [0.2, 0.25) is 5.91 Å². The Kier molecular flexibility index (Phi) is 3.18. The number of hydrogen-bond acceptors (Lipinski definition) is 1. The molecule has 1 aromatic carbocycles. The number of anilines is 1. The molecule has 0 atom stereocenters. The molecule has 0 aliphatic rings. The number of aromatic amines is 1. The van der Waals surface area contributed by atoms with Crippen LogP contribution in [0, 0.1) is 11.6 Å². The normalized spacial score (nSPS) is 10.2. The lowest BCUT2D eigenvalue weighted by molar-refractivity contribution is -0.115. The molecule has 1 amide bonds. The summed E-state index contributed by atoms with van der Waals surface area (Å²) in [6, 6.07) is 6.52. The van der Waals surface area contributed by atoms with Crippen molar-refractivity contribution in [3.8, 4) is 0 Å². The summed E-state index contributed by atoms with van der Waals surface area (Å²) in [6.07, 6.45) is 1.81. The monoisotopic (exact) mass is 236 g/mol. The molecule has 1 heterocycles. The van der Waals surface area contributed by atoms with Gasteiger partial charge in [-0.05, 0) is 24.3 Å². The number of carbonyl (C=O) groups excluding carboxylic acids is 1. The topological polar surface area (TPSA) is 44.9 Å². The highest BCUT2D eigenvalue weighted by Gasteiger charge is 2.08. The third-order valence-electron chi connectivity index (χ3n) is 2.22. The van der Waals surface area contributed by atoms with Crippen LogP contribution in [0.25, 0.3) is 0 Å². The van der Waals surface area contributed by atoms with Gasteiger partial charge in [-0.3, -0.25) is 4.79 Å². The molecule has 0 radical (unpaired) electrons. The molecule has 0 saturated heterocycles. The van der Waals surface area contributed by atoms with E-state index in [9.17, 15) is 13.6 Å². The summed E-state index contributed by atoms with van der Waals surface area (Å²) in [5.74, 6) is -1.83. The van der Waals surface area contributed by atoms with Crippen molar-refractivity contribution >= 4 is 11.6 Å². The van der Waals surface area contributed by atoms with Crippen molar-refractivity contribution in [3.05, 3.63) is 53.9 Å². The smallest absolute Gasteiger partial charge is 0.230 e. The average Bonchev–Trinajstić information content (AvgIpc) is 2.75. The quantitative estimate of drug-likeness (QED) is 0.844. The lowest BCUT2D eigenvalue weighted by Gasteiger charge is -2.05. The van der Waals surface area contributed by atoms with Gasteiger partial charge >= 0.3 is 0 Å². The van der Waals surface area contributed by atoms with E-state index in [4.69, 9.17) is 0 Å². The lowest BCUT2D eigenvalue weighted by Crippen LogP contribution is -2.15. The van der Waals surface area contributed by atoms with E-state index in [1.165, 1.54) is 6.07 Å². The number of rotatable bonds is 3. The fourth-order valence-electron chi connectivity index (χ4n) is 1.44. The predicted molar refractivity (Wildman–Crippen MR) is 59.5 cm³/mol. The van der Waals surface area contributed by atoms with Gasteiger partial charge in [-0.1, -0.05) is 0 Å². The highest BCUT2D eigenvalue weighted by molar-refractivity contribution is 5.92. The minimum absolute atomic E-state index is 0.0250. The van der Waals surface area contributed by atoms with Gasteiger partial charge in [-0.15, -0.1) is 0 Å². The Morgan fingerprint density at radius 2 is 2.12 bits per heavy atom. The highest BCUT2D eigenvalue weighted by atomic mass is 19.1. The van der Waals surface area contributed by atoms with Crippen molar-refractivity contribution in [1.82, 2.24) is 4.98 Å². The number of benzene rings is 1. The first-order valence-corrected chi connectivity index (χ1v) is 5.02. The fraction of sp³-hybridized carbons (Fsp3) is 0.0833. The maximum Gasteiger partial charge on any atom is 0.230 e. The molecule has 1 aromatic heterocycles. The van der Waals surface area contributed by atoms with Crippen molar-refractivity contribution in [3.63, 3.8) is 0 Å². The second-order valence-electron chi connectivity index (χ2n) is 3.54. The minimum Gasteiger partial charge on any atom is -0.365 e. The van der Waals surface area contributed by atoms with Crippen LogP contribution in [0.4, 0.5) is 14.5 Å². The zero-order valence-electron chi connectivity index (χ0n) is 8.84. The van der Waals surface area contributed by atoms with E-state index in [-0.39, 0.29) is 18.0 Å². The summed E-state index contributed by atoms with van der Waals surface area (Å²) >= 11 is 0. The van der Waals surface area contributed by atoms with Crippen molar-refractivity contribution in [2.75, 3.05) is 5.32 Å². The average molecular weight is 236 g/mol. The first-order chi connectivity index (χ1) is 8.15. The van der Waals surface area contributed by atoms with Crippen LogP contribution in [0.2, 0.25) is 0 Å². The summed E-state index contributed by atoms with van der Waals surface area (Å²) in [7, 11) is 0. The molecule has 2 aromatic rings. The summed E-state index contributed by atoms with van der Waals surface area (Å²) in [4.78, 5) is 14.4. The molecular formula is C12H10F2N2O. The Balaban J connectivity index is 2.03. The van der Waals surface area contributed by atoms with Crippen LogP contribution >= 0.6 is 0 Å². The van der Waals surface area contributed by atoms with E-state index < -0.39 is 11.6 Å². The van der Waals surface area contributed by atoms with E-state index in [0.29, 0.717) is 0 Å². The van der Waals surface area contributed by atoms with E-state index >= 15 is 0 Å². The van der Waals surface area contributed by atoms with Crippen LogP contribution in [0.3, 0.4) is 0 Å². The number of nitrogens with one attached hydrogen (secondary N) is 2. The summed E-state index contributed by atoms with van der Waals surface area (Å²) in [5.41, 5.74) is 0.702. The first kappa shape index (κ1) is 11.3. The minimum atomic E-state index is -0.787. The van der Waals surface area contributed by atoms with E-state index in [1.54, 1.807) is 18.3 Å². The number of amides is 1. The molecule has 0 unspecified atom stereocenters. The third-order valence-corrected chi connectivity index (χ3v) is 2.22. The van der Waals surface area contributed by atoms with E-state index in [0.717, 1.165) is 17.8 Å². The van der Waals surface area contributed by atoms with Gasteiger partial charge in [0.1, 0.15) is 11.6 Å². The Morgan fingerprint density at radius 3 is 2.76 bits per heavy atom. The maximum atomic E-state index is 13.2. The van der Waals surface area contributed by atoms with E-state index in [2.05, 4.69) is 10.3 Å². The Labute approximate surface area is 96.5 Å². The number of hydrogen-bond donors (Lipinski definition) is 2. The summed E-state index contributed by atoms with van der Waals surface area (Å²) < 4.78 is 25.9. The molecule has 17 heavy (non-hydrogen) atoms. The summed E-state index contributed by atoms with van der Waals surface area (Å²) in [5, 5.41) is 2.38. The van der Waals surface area contributed by atoms with Crippen molar-refractivity contribution in [2.24, 2.45) is 0 Å². The van der Waals surface area contributed by atoms with Crippen LogP contribution < -0.4 is 5.32 Å². The molecule has 2 rings (SSSR count). The van der Waals surface area contributed by atoms with Gasteiger partial charge in [0.15, 0.2) is 0 Å². The van der Waals surface area contributed by atoms with Crippen molar-refractivity contribution < 1.29 is 13.6 Å². The zero-order valence-corrected chi connectivity index (χ0v) is 8.84.